The molecule has 2 saturated heterocycles. The van der Waals surface area contributed by atoms with Gasteiger partial charge in [0.15, 0.2) is 5.11 Å². The lowest BCUT2D eigenvalue weighted by Crippen LogP contribution is -2.29. The van der Waals surface area contributed by atoms with Crippen LogP contribution in [0, 0.1) is 0 Å². The summed E-state index contributed by atoms with van der Waals surface area (Å²) < 4.78 is 0. The summed E-state index contributed by atoms with van der Waals surface area (Å²) in [6.45, 7) is 4.97. The zero-order valence-electron chi connectivity index (χ0n) is 15.8. The topological polar surface area (TPSA) is 56.3 Å². The lowest BCUT2D eigenvalue weighted by molar-refractivity contribution is 0.913. The first-order valence-electron chi connectivity index (χ1n) is 9.86. The molecule has 2 aliphatic heterocycles. The molecule has 0 saturated carbocycles. The van der Waals surface area contributed by atoms with Gasteiger partial charge in [-0.05, 0) is 55.6 Å². The van der Waals surface area contributed by atoms with E-state index in [9.17, 15) is 0 Å². The molecule has 0 spiro atoms. The van der Waals surface area contributed by atoms with Crippen molar-refractivity contribution in [3.8, 4) is 0 Å². The van der Waals surface area contributed by atoms with E-state index >= 15 is 0 Å². The quantitative estimate of drug-likeness (QED) is 0.567. The zero-order valence-corrected chi connectivity index (χ0v) is 17.4. The van der Waals surface area contributed by atoms with Crippen LogP contribution in [0.15, 0.2) is 30.3 Å². The highest BCUT2D eigenvalue weighted by molar-refractivity contribution is 7.80. The number of anilines is 3. The first-order valence-corrected chi connectivity index (χ1v) is 10.6. The fourth-order valence-electron chi connectivity index (χ4n) is 3.70. The summed E-state index contributed by atoms with van der Waals surface area (Å²) in [6, 6.07) is 10.5. The van der Waals surface area contributed by atoms with E-state index < -0.39 is 0 Å². The van der Waals surface area contributed by atoms with Gasteiger partial charge in [-0.15, -0.1) is 0 Å². The number of halogens is 1. The van der Waals surface area contributed by atoms with Crippen molar-refractivity contribution >= 4 is 46.4 Å². The van der Waals surface area contributed by atoms with Crippen molar-refractivity contribution in [3.05, 3.63) is 41.0 Å². The molecule has 2 fully saturated rings. The van der Waals surface area contributed by atoms with Gasteiger partial charge in [0.1, 0.15) is 11.0 Å². The minimum atomic E-state index is 0.416. The predicted octanol–water partition coefficient (Wildman–Crippen LogP) is 3.82. The fraction of sp³-hybridized carbons (Fsp3) is 0.450. The zero-order chi connectivity index (χ0) is 19.3. The number of rotatable bonds is 5. The van der Waals surface area contributed by atoms with Gasteiger partial charge in [0.2, 0.25) is 5.95 Å². The van der Waals surface area contributed by atoms with Crippen LogP contribution in [0.5, 0.6) is 0 Å². The first kappa shape index (κ1) is 19.2. The van der Waals surface area contributed by atoms with Crippen molar-refractivity contribution < 1.29 is 0 Å². The molecule has 2 aliphatic rings. The summed E-state index contributed by atoms with van der Waals surface area (Å²) >= 11 is 11.6. The van der Waals surface area contributed by atoms with Crippen LogP contribution in [0.25, 0.3) is 0 Å². The minimum Gasteiger partial charge on any atom is -0.372 e. The van der Waals surface area contributed by atoms with Gasteiger partial charge in [-0.1, -0.05) is 23.7 Å². The Labute approximate surface area is 176 Å². The molecule has 0 bridgehead atoms. The molecule has 148 valence electrons. The second kappa shape index (κ2) is 8.92. The highest BCUT2D eigenvalue weighted by Crippen LogP contribution is 2.22. The Morgan fingerprint density at radius 2 is 1.61 bits per heavy atom. The molecule has 6 nitrogen and oxygen atoms in total. The summed E-state index contributed by atoms with van der Waals surface area (Å²) in [6.07, 6.45) is 4.93. The van der Waals surface area contributed by atoms with Crippen molar-refractivity contribution in [3.63, 3.8) is 0 Å². The van der Waals surface area contributed by atoms with Gasteiger partial charge in [0.05, 0.1) is 0 Å². The average Bonchev–Trinajstić information content (AvgIpc) is 3.40. The van der Waals surface area contributed by atoms with E-state index in [2.05, 4.69) is 54.7 Å². The third-order valence-electron chi connectivity index (χ3n) is 5.20. The Bertz CT molecular complexity index is 816. The molecule has 0 amide bonds. The molecule has 0 aliphatic carbocycles. The first-order chi connectivity index (χ1) is 13.7. The molecule has 2 aromatic rings. The van der Waals surface area contributed by atoms with Gasteiger partial charge < -0.3 is 20.4 Å². The third kappa shape index (κ3) is 4.83. The fourth-order valence-corrected chi connectivity index (χ4v) is 4.04. The molecule has 1 aromatic heterocycles. The summed E-state index contributed by atoms with van der Waals surface area (Å²) in [5.74, 6) is 1.27. The number of nitrogens with zero attached hydrogens (tertiary/aromatic N) is 4. The van der Waals surface area contributed by atoms with Gasteiger partial charge in [-0.25, -0.2) is 4.98 Å². The Morgan fingerprint density at radius 3 is 2.29 bits per heavy atom. The summed E-state index contributed by atoms with van der Waals surface area (Å²) in [5.41, 5.74) is 2.47. The smallest absolute Gasteiger partial charge is 0.232 e. The minimum absolute atomic E-state index is 0.416. The summed E-state index contributed by atoms with van der Waals surface area (Å²) in [5, 5.41) is 7.17. The van der Waals surface area contributed by atoms with Gasteiger partial charge in [0.25, 0.3) is 0 Å². The van der Waals surface area contributed by atoms with Crippen LogP contribution in [0.2, 0.25) is 5.15 Å². The van der Waals surface area contributed by atoms with Crippen LogP contribution in [0.3, 0.4) is 0 Å². The largest absolute Gasteiger partial charge is 0.372 e. The van der Waals surface area contributed by atoms with E-state index in [-0.39, 0.29) is 0 Å². The van der Waals surface area contributed by atoms with Crippen LogP contribution in [0.4, 0.5) is 17.5 Å². The molecule has 0 unspecified atom stereocenters. The summed E-state index contributed by atoms with van der Waals surface area (Å²) in [4.78, 5) is 13.4. The second-order valence-electron chi connectivity index (χ2n) is 7.23. The molecule has 1 aromatic carbocycles. The maximum Gasteiger partial charge on any atom is 0.232 e. The van der Waals surface area contributed by atoms with Crippen molar-refractivity contribution in [2.45, 2.75) is 32.2 Å². The average molecular weight is 417 g/mol. The Kier molecular flexibility index (Phi) is 6.12. The Morgan fingerprint density at radius 1 is 0.964 bits per heavy atom. The van der Waals surface area contributed by atoms with E-state index in [0.717, 1.165) is 32.0 Å². The standard InChI is InChI=1S/C20H25ClN6S/c21-17-13-18(27-11-3-4-12-27)24-19(23-17)25-20(28)22-14-15-5-7-16(8-6-15)26-9-1-2-10-26/h5-8,13H,1-4,9-12,14H2,(H2,22,23,24,25,28). The second-order valence-corrected chi connectivity index (χ2v) is 8.03. The van der Waals surface area contributed by atoms with Crippen LogP contribution in [-0.2, 0) is 6.54 Å². The maximum absolute atomic E-state index is 6.17. The molecule has 28 heavy (non-hydrogen) atoms. The van der Waals surface area contributed by atoms with E-state index in [1.54, 1.807) is 6.07 Å². The predicted molar refractivity (Wildman–Crippen MR) is 119 cm³/mol. The van der Waals surface area contributed by atoms with E-state index in [1.807, 2.05) is 0 Å². The monoisotopic (exact) mass is 416 g/mol. The summed E-state index contributed by atoms with van der Waals surface area (Å²) in [7, 11) is 0. The SMILES string of the molecule is S=C(NCc1ccc(N2CCCC2)cc1)Nc1nc(Cl)cc(N2CCCC2)n1. The van der Waals surface area contributed by atoms with Crippen LogP contribution < -0.4 is 20.4 Å². The van der Waals surface area contributed by atoms with Crippen LogP contribution in [0.1, 0.15) is 31.2 Å². The van der Waals surface area contributed by atoms with E-state index in [4.69, 9.17) is 23.8 Å². The number of hydrogen-bond acceptors (Lipinski definition) is 5. The van der Waals surface area contributed by atoms with Crippen molar-refractivity contribution in [2.75, 3.05) is 41.3 Å². The molecule has 8 heteroatoms. The van der Waals surface area contributed by atoms with Crippen molar-refractivity contribution in [1.82, 2.24) is 15.3 Å². The Hall–Kier alpha value is -2.12. The van der Waals surface area contributed by atoms with Crippen molar-refractivity contribution in [1.29, 1.82) is 0 Å². The highest BCUT2D eigenvalue weighted by Gasteiger charge is 2.16. The molecule has 3 heterocycles. The molecule has 2 N–H and O–H groups in total. The molecular weight excluding hydrogens is 392 g/mol. The number of benzene rings is 1. The number of aromatic nitrogens is 2. The number of hydrogen-bond donors (Lipinski definition) is 2. The normalized spacial score (nSPS) is 16.5. The molecule has 0 radical (unpaired) electrons. The lowest BCUT2D eigenvalue weighted by atomic mass is 10.2. The third-order valence-corrected chi connectivity index (χ3v) is 5.64. The molecular formula is C20H25ClN6S. The number of nitrogens with one attached hydrogen (secondary N) is 2. The maximum atomic E-state index is 6.17. The van der Waals surface area contributed by atoms with Gasteiger partial charge in [0, 0.05) is 44.5 Å². The molecule has 0 atom stereocenters. The van der Waals surface area contributed by atoms with E-state index in [1.165, 1.54) is 36.9 Å². The highest BCUT2D eigenvalue weighted by atomic mass is 35.5. The van der Waals surface area contributed by atoms with Gasteiger partial charge >= 0.3 is 0 Å². The van der Waals surface area contributed by atoms with Gasteiger partial charge in [-0.2, -0.15) is 4.98 Å². The van der Waals surface area contributed by atoms with Crippen LogP contribution >= 0.6 is 23.8 Å². The lowest BCUT2D eigenvalue weighted by Gasteiger charge is -2.18. The molecule has 4 rings (SSSR count). The van der Waals surface area contributed by atoms with Crippen LogP contribution in [-0.4, -0.2) is 41.3 Å². The Balaban J connectivity index is 1.31. The number of thiocarbonyl (C=S) groups is 1. The van der Waals surface area contributed by atoms with E-state index in [0.29, 0.717) is 22.8 Å². The van der Waals surface area contributed by atoms with Crippen molar-refractivity contribution in [2.24, 2.45) is 0 Å². The van der Waals surface area contributed by atoms with Gasteiger partial charge in [-0.3, -0.25) is 0 Å².